The van der Waals surface area contributed by atoms with E-state index in [1.54, 1.807) is 34.0 Å². The van der Waals surface area contributed by atoms with E-state index in [1.807, 2.05) is 24.3 Å². The number of benzene rings is 2. The van der Waals surface area contributed by atoms with Crippen molar-refractivity contribution in [3.8, 4) is 16.9 Å². The summed E-state index contributed by atoms with van der Waals surface area (Å²) in [6.07, 6.45) is 4.34. The Morgan fingerprint density at radius 1 is 1.00 bits per heavy atom. The van der Waals surface area contributed by atoms with Crippen LogP contribution in [0.15, 0.2) is 82.8 Å². The van der Waals surface area contributed by atoms with Gasteiger partial charge in [-0.3, -0.25) is 4.79 Å². The highest BCUT2D eigenvalue weighted by Gasteiger charge is 2.37. The number of aromatic nitrogens is 2. The largest absolute Gasteiger partial charge is 0.344 e. The molecule has 3 heterocycles. The van der Waals surface area contributed by atoms with Gasteiger partial charge in [-0.1, -0.05) is 22.0 Å². The SMILES string of the molecule is O=C1NC2C=C(F)C(CCN3C(=O)COC3c3cn(-c4ccc(Br)cc4)nc3-c3ccc(F)cc3)=CC2N1. The van der Waals surface area contributed by atoms with E-state index in [0.717, 1.165) is 10.2 Å². The number of urea groups is 1. The predicted octanol–water partition coefficient (Wildman–Crippen LogP) is 4.53. The van der Waals surface area contributed by atoms with E-state index in [4.69, 9.17) is 9.84 Å². The van der Waals surface area contributed by atoms with Crippen molar-refractivity contribution >= 4 is 27.9 Å². The Balaban J connectivity index is 1.31. The summed E-state index contributed by atoms with van der Waals surface area (Å²) >= 11 is 3.43. The van der Waals surface area contributed by atoms with Crippen molar-refractivity contribution in [3.63, 3.8) is 0 Å². The van der Waals surface area contributed by atoms with E-state index < -0.39 is 18.1 Å². The van der Waals surface area contributed by atoms with Crippen LogP contribution >= 0.6 is 15.9 Å². The van der Waals surface area contributed by atoms with Gasteiger partial charge in [-0.15, -0.1) is 0 Å². The summed E-state index contributed by atoms with van der Waals surface area (Å²) < 4.78 is 37.0. The van der Waals surface area contributed by atoms with E-state index in [1.165, 1.54) is 18.2 Å². The van der Waals surface area contributed by atoms with Gasteiger partial charge < -0.3 is 20.3 Å². The molecule has 0 saturated carbocycles. The maximum Gasteiger partial charge on any atom is 0.315 e. The first kappa shape index (κ1) is 24.5. The summed E-state index contributed by atoms with van der Waals surface area (Å²) in [5.74, 6) is -1.02. The van der Waals surface area contributed by atoms with Gasteiger partial charge in [0.25, 0.3) is 5.91 Å². The second kappa shape index (κ2) is 9.80. The van der Waals surface area contributed by atoms with Crippen molar-refractivity contribution in [3.05, 3.63) is 94.1 Å². The van der Waals surface area contributed by atoms with Crippen LogP contribution in [0.1, 0.15) is 18.2 Å². The lowest BCUT2D eigenvalue weighted by atomic mass is 9.96. The van der Waals surface area contributed by atoms with Crippen molar-refractivity contribution in [1.29, 1.82) is 0 Å². The van der Waals surface area contributed by atoms with Crippen LogP contribution in [0.25, 0.3) is 16.9 Å². The molecule has 38 heavy (non-hydrogen) atoms. The molecular formula is C27H22BrF2N5O3. The number of carbonyl (C=O) groups is 2. The van der Waals surface area contributed by atoms with Crippen LogP contribution in [0.5, 0.6) is 0 Å². The molecule has 1 aliphatic carbocycles. The Morgan fingerprint density at radius 3 is 2.45 bits per heavy atom. The molecule has 194 valence electrons. The third kappa shape index (κ3) is 4.63. The molecule has 2 N–H and O–H groups in total. The average molecular weight is 582 g/mol. The maximum absolute atomic E-state index is 14.8. The second-order valence-corrected chi connectivity index (χ2v) is 10.2. The van der Waals surface area contributed by atoms with E-state index in [-0.39, 0.29) is 43.4 Å². The summed E-state index contributed by atoms with van der Waals surface area (Å²) in [4.78, 5) is 26.0. The summed E-state index contributed by atoms with van der Waals surface area (Å²) in [6.45, 7) is 0.0701. The highest BCUT2D eigenvalue weighted by Crippen LogP contribution is 2.36. The molecule has 2 aliphatic heterocycles. The standard InChI is InChI=1S/C27H22BrF2N5O3/c28-17-3-7-19(8-4-17)35-13-20(25(33-35)15-1-5-18(29)6-2-15)26-34(24(36)14-38-26)10-9-16-11-22-23(12-21(16)30)32-27(37)31-22/h1-8,11-13,22-23,26H,9-10,14H2,(H2,31,32,37). The zero-order valence-corrected chi connectivity index (χ0v) is 21.5. The van der Waals surface area contributed by atoms with Gasteiger partial charge >= 0.3 is 6.03 Å². The number of rotatable bonds is 6. The number of fused-ring (bicyclic) bond motifs is 1. The zero-order valence-electron chi connectivity index (χ0n) is 19.9. The highest BCUT2D eigenvalue weighted by molar-refractivity contribution is 9.10. The fourth-order valence-corrected chi connectivity index (χ4v) is 5.16. The number of allylic oxidation sites excluding steroid dienone is 1. The Kier molecular flexibility index (Phi) is 6.32. The lowest BCUT2D eigenvalue weighted by Gasteiger charge is -2.25. The lowest BCUT2D eigenvalue weighted by Crippen LogP contribution is -2.34. The molecule has 3 unspecified atom stereocenters. The molecule has 0 spiro atoms. The van der Waals surface area contributed by atoms with Crippen molar-refractivity contribution in [2.24, 2.45) is 0 Å². The molecule has 1 aromatic heterocycles. The number of nitrogens with one attached hydrogen (secondary N) is 2. The smallest absolute Gasteiger partial charge is 0.315 e. The zero-order chi connectivity index (χ0) is 26.4. The summed E-state index contributed by atoms with van der Waals surface area (Å²) in [5, 5.41) is 10.2. The first-order chi connectivity index (χ1) is 18.4. The van der Waals surface area contributed by atoms with E-state index in [2.05, 4.69) is 26.6 Å². The lowest BCUT2D eigenvalue weighted by molar-refractivity contribution is -0.128. The fraction of sp³-hybridized carbons (Fsp3) is 0.222. The Labute approximate surface area is 225 Å². The van der Waals surface area contributed by atoms with Crippen LogP contribution in [0, 0.1) is 5.82 Å². The van der Waals surface area contributed by atoms with E-state index in [0.29, 0.717) is 22.4 Å². The normalized spacial score (nSPS) is 22.6. The first-order valence-corrected chi connectivity index (χ1v) is 12.8. The minimum atomic E-state index is -0.761. The van der Waals surface area contributed by atoms with Crippen LogP contribution in [0.3, 0.4) is 0 Å². The van der Waals surface area contributed by atoms with Crippen molar-refractivity contribution in [1.82, 2.24) is 25.3 Å². The minimum absolute atomic E-state index is 0.126. The Morgan fingerprint density at radius 2 is 1.71 bits per heavy atom. The Hall–Kier alpha value is -3.83. The van der Waals surface area contributed by atoms with Gasteiger partial charge in [0.1, 0.15) is 23.9 Å². The van der Waals surface area contributed by atoms with E-state index in [9.17, 15) is 18.4 Å². The van der Waals surface area contributed by atoms with Crippen LogP contribution in [-0.4, -0.2) is 51.9 Å². The molecule has 0 radical (unpaired) electrons. The van der Waals surface area contributed by atoms with Gasteiger partial charge in [-0.2, -0.15) is 5.10 Å². The van der Waals surface area contributed by atoms with E-state index >= 15 is 0 Å². The number of nitrogens with zero attached hydrogens (tertiary/aromatic N) is 3. The Bertz CT molecular complexity index is 1470. The minimum Gasteiger partial charge on any atom is -0.344 e. The monoisotopic (exact) mass is 581 g/mol. The van der Waals surface area contributed by atoms with Crippen LogP contribution in [0.2, 0.25) is 0 Å². The predicted molar refractivity (Wildman–Crippen MR) is 138 cm³/mol. The molecule has 11 heteroatoms. The molecule has 3 amide bonds. The molecular weight excluding hydrogens is 560 g/mol. The molecule has 2 saturated heterocycles. The van der Waals surface area contributed by atoms with Gasteiger partial charge in [-0.05, 0) is 66.6 Å². The maximum atomic E-state index is 14.8. The number of carbonyl (C=O) groups excluding carboxylic acids is 2. The number of halogens is 3. The first-order valence-electron chi connectivity index (χ1n) is 12.0. The van der Waals surface area contributed by atoms with Crippen LogP contribution in [0.4, 0.5) is 13.6 Å². The molecule has 2 fully saturated rings. The molecule has 3 aromatic rings. The summed E-state index contributed by atoms with van der Waals surface area (Å²) in [7, 11) is 0. The molecule has 8 nitrogen and oxygen atoms in total. The van der Waals surface area contributed by atoms with Crippen molar-refractivity contribution in [2.45, 2.75) is 24.7 Å². The van der Waals surface area contributed by atoms with Crippen molar-refractivity contribution < 1.29 is 23.1 Å². The number of hydrogen-bond donors (Lipinski definition) is 2. The van der Waals surface area contributed by atoms with Crippen LogP contribution < -0.4 is 10.6 Å². The average Bonchev–Trinajstić information content (AvgIpc) is 3.59. The third-order valence-electron chi connectivity index (χ3n) is 6.80. The van der Waals surface area contributed by atoms with Gasteiger partial charge in [0.2, 0.25) is 0 Å². The van der Waals surface area contributed by atoms with Gasteiger partial charge in [0.05, 0.1) is 17.8 Å². The molecule has 2 aromatic carbocycles. The molecule has 0 bridgehead atoms. The van der Waals surface area contributed by atoms with Gasteiger partial charge in [0.15, 0.2) is 6.23 Å². The van der Waals surface area contributed by atoms with Crippen molar-refractivity contribution in [2.75, 3.05) is 13.2 Å². The quantitative estimate of drug-likeness (QED) is 0.447. The molecule has 3 aliphatic rings. The number of amides is 3. The van der Waals surface area contributed by atoms with Gasteiger partial charge in [-0.25, -0.2) is 18.3 Å². The summed E-state index contributed by atoms with van der Waals surface area (Å²) in [6, 6.07) is 12.4. The topological polar surface area (TPSA) is 88.5 Å². The highest BCUT2D eigenvalue weighted by atomic mass is 79.9. The fourth-order valence-electron chi connectivity index (χ4n) is 4.90. The second-order valence-electron chi connectivity index (χ2n) is 9.24. The third-order valence-corrected chi connectivity index (χ3v) is 7.33. The van der Waals surface area contributed by atoms with Gasteiger partial charge in [0, 0.05) is 28.3 Å². The molecule has 3 atom stereocenters. The number of hydrogen-bond acceptors (Lipinski definition) is 4. The van der Waals surface area contributed by atoms with Crippen LogP contribution in [-0.2, 0) is 9.53 Å². The molecule has 6 rings (SSSR count). The number of ether oxygens (including phenoxy) is 1. The summed E-state index contributed by atoms with van der Waals surface area (Å²) in [5.41, 5.74) is 3.05.